The zero-order chi connectivity index (χ0) is 26.6. The molecular formula is C29H40N6O3. The molecule has 3 atom stereocenters. The molecule has 9 nitrogen and oxygen atoms in total. The number of carbonyl (C=O) groups excluding carboxylic acids is 1. The molecule has 2 saturated heterocycles. The van der Waals surface area contributed by atoms with Gasteiger partial charge in [0, 0.05) is 44.5 Å². The van der Waals surface area contributed by atoms with E-state index in [1.165, 1.54) is 11.3 Å². The van der Waals surface area contributed by atoms with Crippen molar-refractivity contribution in [1.82, 2.24) is 20.5 Å². The quantitative estimate of drug-likeness (QED) is 0.526. The highest BCUT2D eigenvalue weighted by Crippen LogP contribution is 2.28. The lowest BCUT2D eigenvalue weighted by atomic mass is 10.1. The molecule has 2 fully saturated rings. The molecule has 0 radical (unpaired) electrons. The highest BCUT2D eigenvalue weighted by atomic mass is 16.5. The van der Waals surface area contributed by atoms with Gasteiger partial charge in [-0.3, -0.25) is 20.0 Å². The van der Waals surface area contributed by atoms with Gasteiger partial charge in [0.1, 0.15) is 17.5 Å². The van der Waals surface area contributed by atoms with Crippen molar-refractivity contribution in [2.24, 2.45) is 5.10 Å². The van der Waals surface area contributed by atoms with Crippen LogP contribution in [0.4, 0.5) is 5.69 Å². The van der Waals surface area contributed by atoms with Gasteiger partial charge >= 0.3 is 0 Å². The summed E-state index contributed by atoms with van der Waals surface area (Å²) in [6.45, 7) is 11.5. The van der Waals surface area contributed by atoms with Gasteiger partial charge in [0.25, 0.3) is 5.91 Å². The van der Waals surface area contributed by atoms with Gasteiger partial charge in [-0.15, -0.1) is 0 Å². The summed E-state index contributed by atoms with van der Waals surface area (Å²) in [6.07, 6.45) is 2.01. The third-order valence-corrected chi connectivity index (χ3v) is 7.64. The molecule has 5 rings (SSSR count). The van der Waals surface area contributed by atoms with E-state index >= 15 is 0 Å². The number of carbonyl (C=O) groups is 1. The van der Waals surface area contributed by atoms with Gasteiger partial charge in [0.05, 0.1) is 25.4 Å². The predicted octanol–water partition coefficient (Wildman–Crippen LogP) is 3.00. The van der Waals surface area contributed by atoms with E-state index in [-0.39, 0.29) is 24.2 Å². The van der Waals surface area contributed by atoms with Crippen LogP contribution in [0.2, 0.25) is 0 Å². The number of rotatable bonds is 9. The lowest BCUT2D eigenvalue weighted by Gasteiger charge is -2.36. The summed E-state index contributed by atoms with van der Waals surface area (Å²) in [5.74, 6) is 2.17. The summed E-state index contributed by atoms with van der Waals surface area (Å²) in [4.78, 5) is 18.0. The summed E-state index contributed by atoms with van der Waals surface area (Å²) in [7, 11) is 1.69. The zero-order valence-electron chi connectivity index (χ0n) is 22.9. The van der Waals surface area contributed by atoms with Gasteiger partial charge in [-0.05, 0) is 62.2 Å². The van der Waals surface area contributed by atoms with E-state index in [1.54, 1.807) is 7.11 Å². The number of hydrogen-bond donors (Lipinski definition) is 2. The number of methoxy groups -OCH3 is 1. The number of anilines is 1. The van der Waals surface area contributed by atoms with Crippen LogP contribution in [0.1, 0.15) is 44.7 Å². The van der Waals surface area contributed by atoms with Crippen molar-refractivity contribution >= 4 is 17.4 Å². The van der Waals surface area contributed by atoms with Crippen LogP contribution in [0.15, 0.2) is 47.6 Å². The van der Waals surface area contributed by atoms with Crippen LogP contribution in [0.3, 0.4) is 0 Å². The lowest BCUT2D eigenvalue weighted by Crippen LogP contribution is -2.54. The second-order valence-electron chi connectivity index (χ2n) is 10.2. The Labute approximate surface area is 225 Å². The molecule has 0 aromatic heterocycles. The Morgan fingerprint density at radius 2 is 1.82 bits per heavy atom. The number of fused-ring (bicyclic) bond motifs is 1. The van der Waals surface area contributed by atoms with Crippen LogP contribution in [-0.2, 0) is 11.3 Å². The maximum Gasteiger partial charge on any atom is 0.251 e. The smallest absolute Gasteiger partial charge is 0.251 e. The predicted molar refractivity (Wildman–Crippen MR) is 150 cm³/mol. The van der Waals surface area contributed by atoms with Crippen molar-refractivity contribution in [1.29, 1.82) is 0 Å². The Balaban J connectivity index is 1.31. The van der Waals surface area contributed by atoms with Crippen molar-refractivity contribution in [2.75, 3.05) is 44.8 Å². The maximum absolute atomic E-state index is 13.1. The van der Waals surface area contributed by atoms with Crippen LogP contribution in [0.5, 0.6) is 11.5 Å². The maximum atomic E-state index is 13.1. The van der Waals surface area contributed by atoms with E-state index in [2.05, 4.69) is 51.6 Å². The largest absolute Gasteiger partial charge is 0.497 e. The summed E-state index contributed by atoms with van der Waals surface area (Å²) in [5.41, 5.74) is 3.24. The monoisotopic (exact) mass is 520 g/mol. The number of piperazine rings is 1. The van der Waals surface area contributed by atoms with E-state index < -0.39 is 0 Å². The molecule has 9 heteroatoms. The average molecular weight is 521 g/mol. The molecule has 0 spiro atoms. The summed E-state index contributed by atoms with van der Waals surface area (Å²) >= 11 is 0. The van der Waals surface area contributed by atoms with E-state index in [0.29, 0.717) is 12.4 Å². The number of nitrogens with one attached hydrogen (secondary N) is 2. The molecule has 204 valence electrons. The highest BCUT2D eigenvalue weighted by molar-refractivity contribution is 6.12. The summed E-state index contributed by atoms with van der Waals surface area (Å²) < 4.78 is 11.3. The number of hydrogen-bond acceptors (Lipinski definition) is 8. The first-order valence-electron chi connectivity index (χ1n) is 13.8. The molecule has 1 amide bonds. The van der Waals surface area contributed by atoms with Gasteiger partial charge in [-0.25, -0.2) is 0 Å². The van der Waals surface area contributed by atoms with Crippen molar-refractivity contribution in [2.45, 2.75) is 58.4 Å². The minimum atomic E-state index is -0.295. The van der Waals surface area contributed by atoms with Crippen molar-refractivity contribution < 1.29 is 14.3 Å². The number of ether oxygens (including phenoxy) is 2. The number of benzene rings is 2. The van der Waals surface area contributed by atoms with E-state index in [0.717, 1.165) is 62.6 Å². The number of nitrogens with zero attached hydrogens (tertiary/aromatic N) is 4. The SMILES string of the molecule is CCCC1NC(C)C2C(=O)NC(c3cc(CN4CCN(c5ccc(OC)cc5)CC4)ccc3OCC)=NN12. The molecule has 38 heavy (non-hydrogen) atoms. The average Bonchev–Trinajstić information content (AvgIpc) is 3.25. The van der Waals surface area contributed by atoms with Gasteiger partial charge in [0.2, 0.25) is 0 Å². The van der Waals surface area contributed by atoms with E-state index in [4.69, 9.17) is 14.6 Å². The molecular weight excluding hydrogens is 480 g/mol. The topological polar surface area (TPSA) is 81.7 Å². The molecule has 2 aromatic rings. The molecule has 0 bridgehead atoms. The first-order chi connectivity index (χ1) is 18.5. The second-order valence-corrected chi connectivity index (χ2v) is 10.2. The fourth-order valence-corrected chi connectivity index (χ4v) is 5.67. The van der Waals surface area contributed by atoms with Crippen molar-refractivity contribution in [3.05, 3.63) is 53.6 Å². The van der Waals surface area contributed by atoms with Crippen LogP contribution in [-0.4, -0.2) is 79.8 Å². The summed E-state index contributed by atoms with van der Waals surface area (Å²) in [6, 6.07) is 14.3. The van der Waals surface area contributed by atoms with Crippen LogP contribution >= 0.6 is 0 Å². The fraction of sp³-hybridized carbons (Fsp3) is 0.517. The van der Waals surface area contributed by atoms with Crippen LogP contribution in [0, 0.1) is 0 Å². The Morgan fingerprint density at radius 1 is 1.05 bits per heavy atom. The second kappa shape index (κ2) is 11.6. The van der Waals surface area contributed by atoms with Crippen molar-refractivity contribution in [3.63, 3.8) is 0 Å². The molecule has 3 aliphatic rings. The Bertz CT molecular complexity index is 1150. The van der Waals surface area contributed by atoms with E-state index in [9.17, 15) is 4.79 Å². The fourth-order valence-electron chi connectivity index (χ4n) is 5.67. The molecule has 3 aliphatic heterocycles. The highest BCUT2D eigenvalue weighted by Gasteiger charge is 2.45. The number of hydrazone groups is 1. The minimum Gasteiger partial charge on any atom is -0.497 e. The molecule has 0 saturated carbocycles. The van der Waals surface area contributed by atoms with Gasteiger partial charge < -0.3 is 19.7 Å². The first-order valence-corrected chi connectivity index (χ1v) is 13.8. The third kappa shape index (κ3) is 5.44. The molecule has 2 aromatic carbocycles. The summed E-state index contributed by atoms with van der Waals surface area (Å²) in [5, 5.41) is 13.5. The Morgan fingerprint density at radius 3 is 2.50 bits per heavy atom. The van der Waals surface area contributed by atoms with Gasteiger partial charge in [-0.2, -0.15) is 5.10 Å². The normalized spacial score (nSPS) is 23.6. The third-order valence-electron chi connectivity index (χ3n) is 7.64. The molecule has 2 N–H and O–H groups in total. The van der Waals surface area contributed by atoms with E-state index in [1.807, 2.05) is 37.1 Å². The van der Waals surface area contributed by atoms with Crippen molar-refractivity contribution in [3.8, 4) is 11.5 Å². The molecule has 3 heterocycles. The number of amides is 1. The first kappa shape index (κ1) is 26.3. The van der Waals surface area contributed by atoms with Gasteiger partial charge in [0.15, 0.2) is 5.84 Å². The lowest BCUT2D eigenvalue weighted by molar-refractivity contribution is -0.125. The van der Waals surface area contributed by atoms with Crippen LogP contribution in [0.25, 0.3) is 0 Å². The zero-order valence-corrected chi connectivity index (χ0v) is 22.9. The minimum absolute atomic E-state index is 0.0175. The van der Waals surface area contributed by atoms with Crippen LogP contribution < -0.4 is 25.0 Å². The Hall–Kier alpha value is -3.30. The molecule has 3 unspecified atom stereocenters. The van der Waals surface area contributed by atoms with Gasteiger partial charge in [-0.1, -0.05) is 19.4 Å². The Kier molecular flexibility index (Phi) is 8.04. The standard InChI is InChI=1S/C29H40N6O3/c1-5-7-26-30-20(3)27-29(36)31-28(32-35(26)27)24-18-21(8-13-25(24)38-6-2)19-33-14-16-34(17-15-33)22-9-11-23(37-4)12-10-22/h8-13,18,20,26-27,30H,5-7,14-17,19H2,1-4H3,(H,31,32,36). The molecule has 0 aliphatic carbocycles. The number of amidine groups is 1.